The minimum absolute atomic E-state index is 0.0778. The summed E-state index contributed by atoms with van der Waals surface area (Å²) < 4.78 is 10.8. The third-order valence-electron chi connectivity index (χ3n) is 5.85. The molecule has 6 nitrogen and oxygen atoms in total. The lowest BCUT2D eigenvalue weighted by Gasteiger charge is -2.49. The van der Waals surface area contributed by atoms with Crippen molar-refractivity contribution in [3.8, 4) is 0 Å². The second-order valence-corrected chi connectivity index (χ2v) is 7.01. The van der Waals surface area contributed by atoms with Crippen molar-refractivity contribution in [1.29, 1.82) is 0 Å². The summed E-state index contributed by atoms with van der Waals surface area (Å²) >= 11 is 0. The molecule has 3 rings (SSSR count). The molecule has 0 radical (unpaired) electrons. The predicted octanol–water partition coefficient (Wildman–Crippen LogP) is 1.62. The first kappa shape index (κ1) is 17.7. The van der Waals surface area contributed by atoms with Gasteiger partial charge in [-0.25, -0.2) is 4.79 Å². The van der Waals surface area contributed by atoms with Crippen molar-refractivity contribution in [2.24, 2.45) is 0 Å². The molecule has 1 N–H and O–H groups in total. The maximum Gasteiger partial charge on any atom is 0.317 e. The number of ether oxygens (including phenoxy) is 2. The zero-order valence-electron chi connectivity index (χ0n) is 14.9. The molecule has 0 aromatic rings. The van der Waals surface area contributed by atoms with Gasteiger partial charge >= 0.3 is 6.03 Å². The molecule has 6 heteroatoms. The number of hydrogen-bond acceptors (Lipinski definition) is 4. The van der Waals surface area contributed by atoms with Crippen LogP contribution in [-0.2, 0) is 9.47 Å². The van der Waals surface area contributed by atoms with Crippen LogP contribution in [0.1, 0.15) is 32.6 Å². The van der Waals surface area contributed by atoms with E-state index in [1.807, 2.05) is 4.90 Å². The fraction of sp³-hybridized carbons (Fsp3) is 0.833. The minimum atomic E-state index is 0.0778. The number of nitrogens with one attached hydrogen (secondary N) is 1. The molecule has 3 heterocycles. The van der Waals surface area contributed by atoms with Crippen LogP contribution >= 0.6 is 0 Å². The number of carbonyl (C=O) groups excluding carboxylic acids is 1. The first-order valence-electron chi connectivity index (χ1n) is 9.35. The zero-order valence-corrected chi connectivity index (χ0v) is 14.9. The molecular formula is C18H31N3O3. The van der Waals surface area contributed by atoms with Gasteiger partial charge in [-0.2, -0.15) is 0 Å². The van der Waals surface area contributed by atoms with Crippen molar-refractivity contribution in [3.05, 3.63) is 11.6 Å². The SMILES string of the molecule is CCC1(N2CCOCC2)CCN(C(=O)NCC2=CCOCC2)CC1. The van der Waals surface area contributed by atoms with Gasteiger partial charge in [0.25, 0.3) is 0 Å². The Morgan fingerprint density at radius 3 is 2.54 bits per heavy atom. The van der Waals surface area contributed by atoms with Crippen molar-refractivity contribution >= 4 is 6.03 Å². The van der Waals surface area contributed by atoms with E-state index in [4.69, 9.17) is 9.47 Å². The number of likely N-dealkylation sites (tertiary alicyclic amines) is 1. The summed E-state index contributed by atoms with van der Waals surface area (Å²) in [5, 5.41) is 3.08. The van der Waals surface area contributed by atoms with Gasteiger partial charge in [0.05, 0.1) is 26.4 Å². The summed E-state index contributed by atoms with van der Waals surface area (Å²) in [6, 6.07) is 0.0778. The Bertz CT molecular complexity index is 452. The molecule has 0 aliphatic carbocycles. The monoisotopic (exact) mass is 337 g/mol. The van der Waals surface area contributed by atoms with E-state index in [1.54, 1.807) is 0 Å². The molecule has 0 spiro atoms. The van der Waals surface area contributed by atoms with E-state index >= 15 is 0 Å². The summed E-state index contributed by atoms with van der Waals surface area (Å²) in [7, 11) is 0. The standard InChI is InChI=1S/C18H31N3O3/c1-2-18(21-9-13-24-14-10-21)5-7-20(8-6-18)17(22)19-15-16-3-11-23-12-4-16/h3H,2,4-15H2,1H3,(H,19,22). The lowest BCUT2D eigenvalue weighted by Crippen LogP contribution is -2.59. The van der Waals surface area contributed by atoms with Crippen LogP contribution in [0.15, 0.2) is 11.6 Å². The summed E-state index contributed by atoms with van der Waals surface area (Å²) in [5.41, 5.74) is 1.53. The van der Waals surface area contributed by atoms with Gasteiger partial charge in [-0.1, -0.05) is 18.6 Å². The van der Waals surface area contributed by atoms with E-state index in [-0.39, 0.29) is 11.6 Å². The van der Waals surface area contributed by atoms with Crippen LogP contribution in [0.25, 0.3) is 0 Å². The third-order valence-corrected chi connectivity index (χ3v) is 5.85. The van der Waals surface area contributed by atoms with E-state index in [9.17, 15) is 4.79 Å². The van der Waals surface area contributed by atoms with Gasteiger partial charge in [-0.05, 0) is 25.7 Å². The van der Waals surface area contributed by atoms with Gasteiger partial charge in [0.1, 0.15) is 0 Å². The average Bonchev–Trinajstić information content (AvgIpc) is 2.67. The highest BCUT2D eigenvalue weighted by Gasteiger charge is 2.39. The van der Waals surface area contributed by atoms with Crippen molar-refractivity contribution in [2.45, 2.75) is 38.1 Å². The Morgan fingerprint density at radius 1 is 1.17 bits per heavy atom. The summed E-state index contributed by atoms with van der Waals surface area (Å²) in [6.45, 7) is 9.79. The molecule has 3 aliphatic heterocycles. The number of urea groups is 1. The average molecular weight is 337 g/mol. The van der Waals surface area contributed by atoms with E-state index < -0.39 is 0 Å². The first-order valence-corrected chi connectivity index (χ1v) is 9.35. The normalized spacial score (nSPS) is 25.2. The molecule has 0 saturated carbocycles. The first-order chi connectivity index (χ1) is 11.7. The largest absolute Gasteiger partial charge is 0.379 e. The Morgan fingerprint density at radius 2 is 1.92 bits per heavy atom. The Labute approximate surface area is 145 Å². The fourth-order valence-corrected chi connectivity index (χ4v) is 4.08. The number of hydrogen-bond donors (Lipinski definition) is 1. The highest BCUT2D eigenvalue weighted by atomic mass is 16.5. The number of piperidine rings is 1. The van der Waals surface area contributed by atoms with E-state index in [1.165, 1.54) is 5.57 Å². The van der Waals surface area contributed by atoms with Crippen molar-refractivity contribution in [1.82, 2.24) is 15.1 Å². The summed E-state index contributed by atoms with van der Waals surface area (Å²) in [4.78, 5) is 17.0. The van der Waals surface area contributed by atoms with Crippen LogP contribution in [0.4, 0.5) is 4.79 Å². The fourth-order valence-electron chi connectivity index (χ4n) is 4.08. The van der Waals surface area contributed by atoms with Gasteiger partial charge < -0.3 is 19.7 Å². The number of nitrogens with zero attached hydrogens (tertiary/aromatic N) is 2. The lowest BCUT2D eigenvalue weighted by atomic mass is 9.83. The van der Waals surface area contributed by atoms with Gasteiger partial charge in [-0.3, -0.25) is 4.90 Å². The molecule has 24 heavy (non-hydrogen) atoms. The summed E-state index contributed by atoms with van der Waals surface area (Å²) in [6.07, 6.45) is 6.28. The second kappa shape index (κ2) is 8.32. The molecular weight excluding hydrogens is 306 g/mol. The number of morpholine rings is 1. The van der Waals surface area contributed by atoms with E-state index in [0.29, 0.717) is 13.2 Å². The molecule has 0 aromatic heterocycles. The molecule has 3 aliphatic rings. The van der Waals surface area contributed by atoms with Crippen molar-refractivity contribution < 1.29 is 14.3 Å². The maximum atomic E-state index is 12.4. The molecule has 2 amide bonds. The maximum absolute atomic E-state index is 12.4. The van der Waals surface area contributed by atoms with E-state index in [2.05, 4.69) is 23.2 Å². The molecule has 2 fully saturated rings. The van der Waals surface area contributed by atoms with Crippen LogP contribution in [0.3, 0.4) is 0 Å². The number of carbonyl (C=O) groups is 1. The zero-order chi connectivity index (χ0) is 16.8. The van der Waals surface area contributed by atoms with Gasteiger partial charge in [-0.15, -0.1) is 0 Å². The third kappa shape index (κ3) is 4.10. The Kier molecular flexibility index (Phi) is 6.14. The summed E-state index contributed by atoms with van der Waals surface area (Å²) in [5.74, 6) is 0. The minimum Gasteiger partial charge on any atom is -0.379 e. The molecule has 0 bridgehead atoms. The van der Waals surface area contributed by atoms with Crippen molar-refractivity contribution in [3.63, 3.8) is 0 Å². The second-order valence-electron chi connectivity index (χ2n) is 7.01. The topological polar surface area (TPSA) is 54.0 Å². The number of amides is 2. The highest BCUT2D eigenvalue weighted by Crippen LogP contribution is 2.32. The van der Waals surface area contributed by atoms with E-state index in [0.717, 1.165) is 71.7 Å². The molecule has 0 unspecified atom stereocenters. The quantitative estimate of drug-likeness (QED) is 0.792. The van der Waals surface area contributed by atoms with Gasteiger partial charge in [0.2, 0.25) is 0 Å². The van der Waals surface area contributed by atoms with Crippen LogP contribution in [0.2, 0.25) is 0 Å². The van der Waals surface area contributed by atoms with Crippen LogP contribution in [-0.4, -0.2) is 80.5 Å². The molecule has 0 atom stereocenters. The van der Waals surface area contributed by atoms with Crippen LogP contribution < -0.4 is 5.32 Å². The van der Waals surface area contributed by atoms with Crippen LogP contribution in [0, 0.1) is 0 Å². The smallest absolute Gasteiger partial charge is 0.317 e. The molecule has 136 valence electrons. The number of rotatable bonds is 4. The Hall–Kier alpha value is -1.11. The van der Waals surface area contributed by atoms with Gasteiger partial charge in [0, 0.05) is 38.3 Å². The lowest BCUT2D eigenvalue weighted by molar-refractivity contribution is -0.0453. The molecule has 0 aromatic carbocycles. The molecule has 2 saturated heterocycles. The highest BCUT2D eigenvalue weighted by molar-refractivity contribution is 5.74. The van der Waals surface area contributed by atoms with Gasteiger partial charge in [0.15, 0.2) is 0 Å². The predicted molar refractivity (Wildman–Crippen MR) is 93.1 cm³/mol. The Balaban J connectivity index is 1.48. The van der Waals surface area contributed by atoms with Crippen LogP contribution in [0.5, 0.6) is 0 Å². The van der Waals surface area contributed by atoms with Crippen molar-refractivity contribution in [2.75, 3.05) is 59.2 Å².